The van der Waals surface area contributed by atoms with Crippen LogP contribution in [0.3, 0.4) is 0 Å². The highest BCUT2D eigenvalue weighted by atomic mass is 32.2. The van der Waals surface area contributed by atoms with Crippen LogP contribution in [0.15, 0.2) is 4.52 Å². The normalized spacial score (nSPS) is 31.4. The number of thioether (sulfide) groups is 2. The van der Waals surface area contributed by atoms with E-state index in [1.807, 2.05) is 23.5 Å². The summed E-state index contributed by atoms with van der Waals surface area (Å²) < 4.78 is 5.22. The molecule has 0 bridgehead atoms. The van der Waals surface area contributed by atoms with Crippen LogP contribution in [0.4, 0.5) is 0 Å². The smallest absolute Gasteiger partial charge is 0.234 e. The molecular weight excluding hydrogens is 280 g/mol. The molecule has 0 spiro atoms. The minimum absolute atomic E-state index is 0.253. The summed E-state index contributed by atoms with van der Waals surface area (Å²) in [6, 6.07) is 0. The number of hydrogen-bond donors (Lipinski definition) is 0. The maximum Gasteiger partial charge on any atom is 0.234 e. The number of carbonyl (C=O) groups excluding carboxylic acids is 1. The molecule has 0 amide bonds. The Hall–Kier alpha value is -0.490. The van der Waals surface area contributed by atoms with Crippen molar-refractivity contribution in [2.75, 3.05) is 5.75 Å². The third kappa shape index (κ3) is 3.16. The Labute approximate surface area is 121 Å². The Balaban J connectivity index is 1.62. The van der Waals surface area contributed by atoms with Crippen LogP contribution in [-0.4, -0.2) is 32.2 Å². The maximum atomic E-state index is 11.7. The van der Waals surface area contributed by atoms with E-state index in [9.17, 15) is 4.79 Å². The Morgan fingerprint density at radius 3 is 2.84 bits per heavy atom. The molecule has 3 rings (SSSR count). The van der Waals surface area contributed by atoms with Crippen LogP contribution in [0.1, 0.15) is 43.7 Å². The minimum Gasteiger partial charge on any atom is -0.339 e. The highest BCUT2D eigenvalue weighted by Crippen LogP contribution is 2.43. The van der Waals surface area contributed by atoms with Gasteiger partial charge in [0.25, 0.3) is 0 Å². The molecule has 3 atom stereocenters. The number of rotatable bonds is 4. The molecule has 3 unspecified atom stereocenters. The van der Waals surface area contributed by atoms with E-state index in [0.717, 1.165) is 24.4 Å². The van der Waals surface area contributed by atoms with Gasteiger partial charge in [-0.3, -0.25) is 4.79 Å². The van der Waals surface area contributed by atoms with Crippen molar-refractivity contribution in [2.24, 2.45) is 5.92 Å². The summed E-state index contributed by atoms with van der Waals surface area (Å²) >= 11 is 3.87. The lowest BCUT2D eigenvalue weighted by atomic mass is 10.2. The van der Waals surface area contributed by atoms with E-state index in [1.165, 1.54) is 0 Å². The molecule has 4 nitrogen and oxygen atoms in total. The number of carbonyl (C=O) groups is 1. The Bertz CT molecular complexity index is 473. The van der Waals surface area contributed by atoms with Gasteiger partial charge in [0, 0.05) is 22.2 Å². The van der Waals surface area contributed by atoms with Crippen LogP contribution >= 0.6 is 23.5 Å². The molecule has 1 aromatic rings. The van der Waals surface area contributed by atoms with Crippen molar-refractivity contribution < 1.29 is 9.32 Å². The fourth-order valence-corrected chi connectivity index (χ4v) is 4.92. The van der Waals surface area contributed by atoms with E-state index < -0.39 is 0 Å². The van der Waals surface area contributed by atoms with Gasteiger partial charge in [0.15, 0.2) is 5.82 Å². The lowest BCUT2D eigenvalue weighted by Crippen LogP contribution is -2.22. The molecule has 2 heterocycles. The van der Waals surface area contributed by atoms with Crippen molar-refractivity contribution >= 4 is 29.3 Å². The number of Topliss-reactive ketones (excluding diaryl/α,β-unsaturated/α-hetero) is 1. The zero-order valence-corrected chi connectivity index (χ0v) is 12.8. The highest BCUT2D eigenvalue weighted by Gasteiger charge is 2.32. The molecule has 104 valence electrons. The SMILES string of the molecule is CC1SCC(c2noc(CC(=O)C3CC3)n2)SC1C. The molecule has 1 saturated carbocycles. The van der Waals surface area contributed by atoms with Crippen LogP contribution in [0.5, 0.6) is 0 Å². The summed E-state index contributed by atoms with van der Waals surface area (Å²) in [4.78, 5) is 16.1. The Morgan fingerprint density at radius 1 is 1.37 bits per heavy atom. The van der Waals surface area contributed by atoms with Crippen LogP contribution < -0.4 is 0 Å². The topological polar surface area (TPSA) is 56.0 Å². The fraction of sp³-hybridized carbons (Fsp3) is 0.769. The molecule has 19 heavy (non-hydrogen) atoms. The lowest BCUT2D eigenvalue weighted by molar-refractivity contribution is -0.119. The van der Waals surface area contributed by atoms with E-state index in [2.05, 4.69) is 24.0 Å². The predicted molar refractivity (Wildman–Crippen MR) is 77.4 cm³/mol. The van der Waals surface area contributed by atoms with E-state index >= 15 is 0 Å². The molecule has 2 fully saturated rings. The second-order valence-corrected chi connectivity index (χ2v) is 8.33. The first-order valence-electron chi connectivity index (χ1n) is 6.75. The number of hydrogen-bond acceptors (Lipinski definition) is 6. The highest BCUT2D eigenvalue weighted by molar-refractivity contribution is 8.07. The second kappa shape index (κ2) is 5.48. The van der Waals surface area contributed by atoms with Gasteiger partial charge < -0.3 is 4.52 Å². The quantitative estimate of drug-likeness (QED) is 0.852. The van der Waals surface area contributed by atoms with Gasteiger partial charge in [-0.15, -0.1) is 11.8 Å². The van der Waals surface area contributed by atoms with Crippen LogP contribution in [0.25, 0.3) is 0 Å². The van der Waals surface area contributed by atoms with Gasteiger partial charge in [-0.25, -0.2) is 0 Å². The summed E-state index contributed by atoms with van der Waals surface area (Å²) in [6.07, 6.45) is 2.38. The molecule has 2 aliphatic rings. The molecule has 0 N–H and O–H groups in total. The number of nitrogens with zero attached hydrogens (tertiary/aromatic N) is 2. The van der Waals surface area contributed by atoms with E-state index in [4.69, 9.17) is 4.52 Å². The monoisotopic (exact) mass is 298 g/mol. The molecule has 1 aromatic heterocycles. The van der Waals surface area contributed by atoms with Crippen molar-refractivity contribution in [3.63, 3.8) is 0 Å². The van der Waals surface area contributed by atoms with Gasteiger partial charge in [0.1, 0.15) is 5.78 Å². The molecule has 1 aliphatic heterocycles. The minimum atomic E-state index is 0.253. The summed E-state index contributed by atoms with van der Waals surface area (Å²) in [5, 5.41) is 5.62. The third-order valence-corrected chi connectivity index (χ3v) is 7.07. The van der Waals surface area contributed by atoms with Crippen molar-refractivity contribution in [3.8, 4) is 0 Å². The van der Waals surface area contributed by atoms with E-state index in [1.54, 1.807) is 0 Å². The van der Waals surface area contributed by atoms with Crippen LogP contribution in [-0.2, 0) is 11.2 Å². The molecular formula is C13H18N2O2S2. The standard InChI is InChI=1S/C13H18N2O2S2/c1-7-8(2)19-11(6-18-7)13-14-12(17-15-13)5-10(16)9-3-4-9/h7-9,11H,3-6H2,1-2H3. The van der Waals surface area contributed by atoms with Crippen molar-refractivity contribution in [1.29, 1.82) is 0 Å². The molecule has 6 heteroatoms. The van der Waals surface area contributed by atoms with Crippen molar-refractivity contribution in [3.05, 3.63) is 11.7 Å². The van der Waals surface area contributed by atoms with Crippen molar-refractivity contribution in [2.45, 2.75) is 48.9 Å². The first kappa shape index (κ1) is 13.5. The maximum absolute atomic E-state index is 11.7. The van der Waals surface area contributed by atoms with E-state index in [0.29, 0.717) is 28.1 Å². The first-order valence-corrected chi connectivity index (χ1v) is 8.75. The Kier molecular flexibility index (Phi) is 3.89. The second-order valence-electron chi connectivity index (χ2n) is 5.33. The first-order chi connectivity index (χ1) is 9.13. The van der Waals surface area contributed by atoms with Crippen LogP contribution in [0, 0.1) is 5.92 Å². The number of aromatic nitrogens is 2. The van der Waals surface area contributed by atoms with Gasteiger partial charge in [-0.2, -0.15) is 16.7 Å². The summed E-state index contributed by atoms with van der Waals surface area (Å²) in [5.41, 5.74) is 0. The summed E-state index contributed by atoms with van der Waals surface area (Å²) in [5.74, 6) is 2.78. The van der Waals surface area contributed by atoms with Gasteiger partial charge in [-0.05, 0) is 12.8 Å². The molecule has 0 aromatic carbocycles. The van der Waals surface area contributed by atoms with Gasteiger partial charge in [0.05, 0.1) is 11.7 Å². The van der Waals surface area contributed by atoms with Gasteiger partial charge >= 0.3 is 0 Å². The zero-order chi connectivity index (χ0) is 13.4. The van der Waals surface area contributed by atoms with Crippen molar-refractivity contribution in [1.82, 2.24) is 10.1 Å². The van der Waals surface area contributed by atoms with Gasteiger partial charge in [0.2, 0.25) is 5.89 Å². The van der Waals surface area contributed by atoms with Crippen LogP contribution in [0.2, 0.25) is 0 Å². The summed E-state index contributed by atoms with van der Waals surface area (Å²) in [7, 11) is 0. The van der Waals surface area contributed by atoms with Gasteiger partial charge in [-0.1, -0.05) is 19.0 Å². The average molecular weight is 298 g/mol. The molecule has 1 aliphatic carbocycles. The average Bonchev–Trinajstić information content (AvgIpc) is 3.14. The Morgan fingerprint density at radius 2 is 2.16 bits per heavy atom. The predicted octanol–water partition coefficient (Wildman–Crippen LogP) is 2.89. The largest absolute Gasteiger partial charge is 0.339 e. The lowest BCUT2D eigenvalue weighted by Gasteiger charge is -2.29. The molecule has 0 radical (unpaired) electrons. The zero-order valence-electron chi connectivity index (χ0n) is 11.2. The molecule has 1 saturated heterocycles. The third-order valence-electron chi connectivity index (χ3n) is 3.68. The fourth-order valence-electron chi connectivity index (χ4n) is 2.09. The number of ketones is 1. The summed E-state index contributed by atoms with van der Waals surface area (Å²) in [6.45, 7) is 4.50. The van der Waals surface area contributed by atoms with E-state index in [-0.39, 0.29) is 11.7 Å².